The first-order chi connectivity index (χ1) is 6.26. The molecule has 2 N–H and O–H groups in total. The van der Waals surface area contributed by atoms with Crippen molar-refractivity contribution in [3.63, 3.8) is 0 Å². The topological polar surface area (TPSA) is 102 Å². The van der Waals surface area contributed by atoms with Gasteiger partial charge < -0.3 is 10.1 Å². The van der Waals surface area contributed by atoms with Crippen LogP contribution in [0.15, 0.2) is 0 Å². The maximum absolute atomic E-state index is 10.8. The number of esters is 1. The molecule has 0 saturated heterocycles. The number of halogens is 1. The van der Waals surface area contributed by atoms with Gasteiger partial charge >= 0.3 is 21.2 Å². The maximum Gasteiger partial charge on any atom is 0.330 e. The molecule has 0 aliphatic heterocycles. The Hall–Kier alpha value is -1.02. The highest BCUT2D eigenvalue weighted by molar-refractivity contribution is 8.12. The molecule has 14 heavy (non-hydrogen) atoms. The van der Waals surface area contributed by atoms with Crippen LogP contribution < -0.4 is 10.0 Å². The first kappa shape index (κ1) is 13.0. The Balaban J connectivity index is 4.14. The van der Waals surface area contributed by atoms with E-state index in [0.717, 1.165) is 7.11 Å². The molecule has 0 rings (SSSR count). The quantitative estimate of drug-likeness (QED) is 0.506. The minimum absolute atomic E-state index is 0.702. The average molecular weight is 245 g/mol. The third-order valence-electron chi connectivity index (χ3n) is 1.12. The van der Waals surface area contributed by atoms with Gasteiger partial charge in [-0.1, -0.05) is 0 Å². The van der Waals surface area contributed by atoms with Crippen molar-refractivity contribution in [3.05, 3.63) is 0 Å². The minimum Gasteiger partial charge on any atom is -0.467 e. The number of rotatable bonds is 3. The van der Waals surface area contributed by atoms with E-state index < -0.39 is 27.3 Å². The lowest BCUT2D eigenvalue weighted by atomic mass is 10.3. The number of urea groups is 1. The van der Waals surface area contributed by atoms with Crippen molar-refractivity contribution < 1.29 is 22.7 Å². The van der Waals surface area contributed by atoms with Crippen LogP contribution in [0.1, 0.15) is 6.92 Å². The van der Waals surface area contributed by atoms with Crippen LogP contribution in [-0.4, -0.2) is 33.6 Å². The molecule has 0 saturated carbocycles. The van der Waals surface area contributed by atoms with Gasteiger partial charge in [0.1, 0.15) is 6.04 Å². The normalized spacial score (nSPS) is 12.8. The zero-order valence-electron chi connectivity index (χ0n) is 7.40. The molecule has 2 amide bonds. The summed E-state index contributed by atoms with van der Waals surface area (Å²) in [7, 11) is 1.70. The SMILES string of the molecule is COC(=O)C(C)NC(=O)NS(=O)(=O)Cl. The number of nitrogens with one attached hydrogen (secondary N) is 2. The molecular formula is C5H9ClN2O5S. The molecule has 7 nitrogen and oxygen atoms in total. The van der Waals surface area contributed by atoms with Crippen LogP contribution in [0.3, 0.4) is 0 Å². The molecule has 9 heteroatoms. The van der Waals surface area contributed by atoms with Crippen LogP contribution >= 0.6 is 10.7 Å². The number of hydrogen-bond donors (Lipinski definition) is 2. The summed E-state index contributed by atoms with van der Waals surface area (Å²) in [5.74, 6) is -0.702. The van der Waals surface area contributed by atoms with E-state index in [4.69, 9.17) is 10.7 Å². The molecule has 1 atom stereocenters. The largest absolute Gasteiger partial charge is 0.467 e. The highest BCUT2D eigenvalue weighted by atomic mass is 35.7. The summed E-state index contributed by atoms with van der Waals surface area (Å²) >= 11 is 0. The van der Waals surface area contributed by atoms with E-state index in [-0.39, 0.29) is 0 Å². The number of ether oxygens (including phenoxy) is 1. The van der Waals surface area contributed by atoms with Crippen molar-refractivity contribution in [2.45, 2.75) is 13.0 Å². The fourth-order valence-electron chi connectivity index (χ4n) is 0.573. The lowest BCUT2D eigenvalue weighted by Gasteiger charge is -2.10. The Bertz CT molecular complexity index is 327. The molecule has 0 aromatic carbocycles. The van der Waals surface area contributed by atoms with Crippen LogP contribution in [-0.2, 0) is 18.8 Å². The Morgan fingerprint density at radius 3 is 2.29 bits per heavy atom. The molecule has 0 aromatic heterocycles. The van der Waals surface area contributed by atoms with Gasteiger partial charge in [0.05, 0.1) is 7.11 Å². The van der Waals surface area contributed by atoms with Crippen LogP contribution in [0, 0.1) is 0 Å². The Morgan fingerprint density at radius 2 is 1.93 bits per heavy atom. The van der Waals surface area contributed by atoms with Gasteiger partial charge in [-0.2, -0.15) is 8.42 Å². The Morgan fingerprint density at radius 1 is 1.43 bits per heavy atom. The second kappa shape index (κ2) is 5.01. The first-order valence-electron chi connectivity index (χ1n) is 3.37. The van der Waals surface area contributed by atoms with Crippen molar-refractivity contribution in [2.24, 2.45) is 0 Å². The third-order valence-corrected chi connectivity index (χ3v) is 1.78. The zero-order valence-corrected chi connectivity index (χ0v) is 8.98. The van der Waals surface area contributed by atoms with E-state index >= 15 is 0 Å². The molecule has 1 unspecified atom stereocenters. The molecular weight excluding hydrogens is 236 g/mol. The van der Waals surface area contributed by atoms with Gasteiger partial charge in [-0.15, -0.1) is 0 Å². The van der Waals surface area contributed by atoms with Crippen LogP contribution in [0.2, 0.25) is 0 Å². The fraction of sp³-hybridized carbons (Fsp3) is 0.600. The van der Waals surface area contributed by atoms with Crippen molar-refractivity contribution in [3.8, 4) is 0 Å². The molecule has 0 aromatic rings. The van der Waals surface area contributed by atoms with E-state index in [1.165, 1.54) is 11.6 Å². The molecule has 0 heterocycles. The monoisotopic (exact) mass is 244 g/mol. The van der Waals surface area contributed by atoms with Gasteiger partial charge in [0.2, 0.25) is 0 Å². The standard InChI is InChI=1S/C5H9ClN2O5S/c1-3(4(9)13-2)7-5(10)8-14(6,11)12/h3H,1-2H3,(H2,7,8,10). The zero-order chi connectivity index (χ0) is 11.4. The number of methoxy groups -OCH3 is 1. The van der Waals surface area contributed by atoms with Gasteiger partial charge in [0, 0.05) is 10.7 Å². The first-order valence-corrected chi connectivity index (χ1v) is 5.68. The predicted octanol–water partition coefficient (Wildman–Crippen LogP) is -0.669. The average Bonchev–Trinajstić information content (AvgIpc) is 1.99. The maximum atomic E-state index is 10.8. The van der Waals surface area contributed by atoms with Gasteiger partial charge in [-0.05, 0) is 6.92 Å². The number of amides is 2. The molecule has 0 fully saturated rings. The molecule has 0 spiro atoms. The molecule has 0 aliphatic carbocycles. The Labute approximate surface area is 85.3 Å². The third kappa shape index (κ3) is 5.60. The number of hydrogen-bond acceptors (Lipinski definition) is 5. The molecule has 82 valence electrons. The van der Waals surface area contributed by atoms with Gasteiger partial charge in [-0.3, -0.25) is 0 Å². The smallest absolute Gasteiger partial charge is 0.330 e. The van der Waals surface area contributed by atoms with Crippen molar-refractivity contribution in [1.82, 2.24) is 10.0 Å². The highest BCUT2D eigenvalue weighted by Crippen LogP contribution is 1.90. The van der Waals surface area contributed by atoms with E-state index in [1.807, 2.05) is 5.32 Å². The highest BCUT2D eigenvalue weighted by Gasteiger charge is 2.18. The van der Waals surface area contributed by atoms with E-state index in [0.29, 0.717) is 0 Å². The predicted molar refractivity (Wildman–Crippen MR) is 47.9 cm³/mol. The lowest BCUT2D eigenvalue weighted by molar-refractivity contribution is -0.142. The Kier molecular flexibility index (Phi) is 4.64. The van der Waals surface area contributed by atoms with Crippen molar-refractivity contribution in [2.75, 3.05) is 7.11 Å². The minimum atomic E-state index is -4.14. The summed E-state index contributed by atoms with van der Waals surface area (Å²) in [6.07, 6.45) is 0. The van der Waals surface area contributed by atoms with Crippen molar-refractivity contribution >= 4 is 31.9 Å². The van der Waals surface area contributed by atoms with Crippen LogP contribution in [0.5, 0.6) is 0 Å². The second-order valence-corrected chi connectivity index (χ2v) is 4.56. The van der Waals surface area contributed by atoms with E-state index in [9.17, 15) is 18.0 Å². The van der Waals surface area contributed by atoms with E-state index in [1.54, 1.807) is 0 Å². The van der Waals surface area contributed by atoms with Crippen LogP contribution in [0.25, 0.3) is 0 Å². The summed E-state index contributed by atoms with van der Waals surface area (Å²) in [4.78, 5) is 21.6. The molecule has 0 radical (unpaired) electrons. The van der Waals surface area contributed by atoms with Gasteiger partial charge in [-0.25, -0.2) is 14.3 Å². The molecule has 0 bridgehead atoms. The summed E-state index contributed by atoms with van der Waals surface area (Å²) < 4.78 is 26.4. The molecule has 0 aliphatic rings. The lowest BCUT2D eigenvalue weighted by Crippen LogP contribution is -2.45. The second-order valence-electron chi connectivity index (χ2n) is 2.26. The van der Waals surface area contributed by atoms with E-state index in [2.05, 4.69) is 4.74 Å². The number of carbonyl (C=O) groups excluding carboxylic acids is 2. The van der Waals surface area contributed by atoms with Crippen LogP contribution in [0.4, 0.5) is 4.79 Å². The van der Waals surface area contributed by atoms with Gasteiger partial charge in [0.15, 0.2) is 0 Å². The van der Waals surface area contributed by atoms with Gasteiger partial charge in [0.25, 0.3) is 0 Å². The summed E-state index contributed by atoms with van der Waals surface area (Å²) in [5, 5.41) is 2.00. The summed E-state index contributed by atoms with van der Waals surface area (Å²) in [5.41, 5.74) is 0. The fourth-order valence-corrected chi connectivity index (χ4v) is 1.06. The van der Waals surface area contributed by atoms with Crippen molar-refractivity contribution in [1.29, 1.82) is 0 Å². The number of carbonyl (C=O) groups is 2. The summed E-state index contributed by atoms with van der Waals surface area (Å²) in [6.45, 7) is 1.33. The summed E-state index contributed by atoms with van der Waals surface area (Å²) in [6, 6.07) is -2.06.